The van der Waals surface area contributed by atoms with E-state index in [1.54, 1.807) is 6.07 Å². The van der Waals surface area contributed by atoms with Crippen molar-refractivity contribution in [2.45, 2.75) is 57.5 Å². The summed E-state index contributed by atoms with van der Waals surface area (Å²) in [7, 11) is 0. The molecule has 1 atom stereocenters. The zero-order chi connectivity index (χ0) is 29.3. The molecule has 214 valence electrons. The van der Waals surface area contributed by atoms with Gasteiger partial charge in [-0.05, 0) is 81.5 Å². The third-order valence-electron chi connectivity index (χ3n) is 8.59. The van der Waals surface area contributed by atoms with Gasteiger partial charge in [0, 0.05) is 56.1 Å². The normalized spacial score (nSPS) is 17.9. The summed E-state index contributed by atoms with van der Waals surface area (Å²) in [5.74, 6) is -0.288. The Hall–Kier alpha value is -3.70. The van der Waals surface area contributed by atoms with Gasteiger partial charge >= 0.3 is 0 Å². The molecule has 8 heteroatoms. The Morgan fingerprint density at radius 1 is 0.976 bits per heavy atom. The van der Waals surface area contributed by atoms with Crippen molar-refractivity contribution in [3.05, 3.63) is 82.2 Å². The molecule has 2 fully saturated rings. The van der Waals surface area contributed by atoms with Crippen molar-refractivity contribution in [1.82, 2.24) is 4.90 Å². The Labute approximate surface area is 248 Å². The van der Waals surface area contributed by atoms with Gasteiger partial charge in [0.05, 0.1) is 21.8 Å². The molecule has 0 radical (unpaired) electrons. The maximum Gasteiger partial charge on any atom is 0.254 e. The third kappa shape index (κ3) is 5.73. The quantitative estimate of drug-likeness (QED) is 0.350. The summed E-state index contributed by atoms with van der Waals surface area (Å²) in [5, 5.41) is 13.3. The van der Waals surface area contributed by atoms with Gasteiger partial charge in [-0.1, -0.05) is 24.3 Å². The minimum atomic E-state index is -0.333. The van der Waals surface area contributed by atoms with E-state index in [1.807, 2.05) is 42.2 Å². The molecule has 5 rings (SSSR count). The molecule has 0 aromatic heterocycles. The van der Waals surface area contributed by atoms with Crippen LogP contribution in [0.25, 0.3) is 0 Å². The lowest BCUT2D eigenvalue weighted by Gasteiger charge is -2.42. The van der Waals surface area contributed by atoms with Crippen molar-refractivity contribution >= 4 is 35.6 Å². The molecule has 3 aromatic rings. The van der Waals surface area contributed by atoms with E-state index < -0.39 is 0 Å². The highest BCUT2D eigenvalue weighted by atomic mass is 32.1. The van der Waals surface area contributed by atoms with Crippen molar-refractivity contribution in [2.24, 2.45) is 0 Å². The molecule has 0 unspecified atom stereocenters. The van der Waals surface area contributed by atoms with Crippen LogP contribution in [-0.2, 0) is 0 Å². The molecular weight excluding hydrogens is 533 g/mol. The van der Waals surface area contributed by atoms with Crippen LogP contribution < -0.4 is 15.1 Å². The number of nitriles is 1. The van der Waals surface area contributed by atoms with Gasteiger partial charge < -0.3 is 20.0 Å². The molecule has 1 N–H and O–H groups in total. The van der Waals surface area contributed by atoms with Crippen molar-refractivity contribution in [3.8, 4) is 6.07 Å². The van der Waals surface area contributed by atoms with E-state index in [4.69, 9.17) is 0 Å². The monoisotopic (exact) mass is 571 g/mol. The van der Waals surface area contributed by atoms with Crippen LogP contribution >= 0.6 is 12.6 Å². The number of thiol groups is 1. The summed E-state index contributed by atoms with van der Waals surface area (Å²) < 4.78 is 14.1. The van der Waals surface area contributed by atoms with Gasteiger partial charge in [-0.2, -0.15) is 5.26 Å². The van der Waals surface area contributed by atoms with E-state index >= 15 is 0 Å². The van der Waals surface area contributed by atoms with Crippen LogP contribution in [0.2, 0.25) is 0 Å². The zero-order valence-corrected chi connectivity index (χ0v) is 25.1. The summed E-state index contributed by atoms with van der Waals surface area (Å²) >= 11 is 4.39. The van der Waals surface area contributed by atoms with Crippen molar-refractivity contribution in [3.63, 3.8) is 0 Å². The Kier molecular flexibility index (Phi) is 8.46. The number of aryl methyl sites for hydroxylation is 2. The Morgan fingerprint density at radius 2 is 1.68 bits per heavy atom. The maximum absolute atomic E-state index is 14.1. The first kappa shape index (κ1) is 28.8. The number of carbonyl (C=O) groups excluding carboxylic acids is 1. The van der Waals surface area contributed by atoms with Crippen LogP contribution in [-0.4, -0.2) is 55.6 Å². The number of benzene rings is 3. The number of hydrogen-bond acceptors (Lipinski definition) is 6. The molecular formula is C33H38FN5OS. The molecule has 41 heavy (non-hydrogen) atoms. The van der Waals surface area contributed by atoms with Crippen LogP contribution in [0, 0.1) is 37.9 Å². The third-order valence-corrected chi connectivity index (χ3v) is 9.03. The van der Waals surface area contributed by atoms with Crippen molar-refractivity contribution in [2.75, 3.05) is 47.8 Å². The van der Waals surface area contributed by atoms with Crippen molar-refractivity contribution < 1.29 is 9.18 Å². The molecule has 0 spiro atoms. The van der Waals surface area contributed by atoms with Crippen LogP contribution in [0.4, 0.5) is 21.5 Å². The highest BCUT2D eigenvalue weighted by molar-refractivity contribution is 7.80. The predicted octanol–water partition coefficient (Wildman–Crippen LogP) is 6.34. The second-order valence-electron chi connectivity index (χ2n) is 11.3. The van der Waals surface area contributed by atoms with Gasteiger partial charge in [-0.15, -0.1) is 12.6 Å². The van der Waals surface area contributed by atoms with Crippen molar-refractivity contribution in [1.29, 1.82) is 5.26 Å². The number of hydrogen-bond donors (Lipinski definition) is 2. The number of anilines is 3. The van der Waals surface area contributed by atoms with E-state index in [0.29, 0.717) is 30.1 Å². The van der Waals surface area contributed by atoms with Gasteiger partial charge in [0.15, 0.2) is 0 Å². The average molecular weight is 572 g/mol. The molecule has 2 aliphatic heterocycles. The van der Waals surface area contributed by atoms with Gasteiger partial charge in [0.2, 0.25) is 0 Å². The highest BCUT2D eigenvalue weighted by Crippen LogP contribution is 2.33. The Morgan fingerprint density at radius 3 is 2.39 bits per heavy atom. The van der Waals surface area contributed by atoms with Crippen LogP contribution in [0.5, 0.6) is 0 Å². The van der Waals surface area contributed by atoms with Crippen LogP contribution in [0.3, 0.4) is 0 Å². The van der Waals surface area contributed by atoms with Crippen LogP contribution in [0.1, 0.15) is 52.4 Å². The summed E-state index contributed by atoms with van der Waals surface area (Å²) in [6.45, 7) is 11.8. The maximum atomic E-state index is 14.1. The van der Waals surface area contributed by atoms with Crippen LogP contribution in [0.15, 0.2) is 53.4 Å². The minimum absolute atomic E-state index is 0.0376. The summed E-state index contributed by atoms with van der Waals surface area (Å²) in [5.41, 5.74) is 7.39. The lowest BCUT2D eigenvalue weighted by atomic mass is 9.94. The standard InChI is InChI=1S/C33H38FN5OS/c1-21-18-22(2)31(36-26-12-14-37(15-13-26)28-10-6-5-8-25(28)19-35)24(4)30(21)33(40)39-17-16-38(20-23(39)3)29-11-7-9-27(34)32(29)41/h5-11,18,23,26,36,41H,12-17,20H2,1-4H3/t23-/m0/s1. The number of rotatable bonds is 5. The predicted molar refractivity (Wildman–Crippen MR) is 167 cm³/mol. The second kappa shape index (κ2) is 12.0. The molecule has 2 saturated heterocycles. The Balaban J connectivity index is 1.29. The number of piperidine rings is 1. The second-order valence-corrected chi connectivity index (χ2v) is 11.8. The first-order chi connectivity index (χ1) is 19.7. The van der Waals surface area contributed by atoms with Gasteiger partial charge in [-0.25, -0.2) is 4.39 Å². The SMILES string of the molecule is Cc1cc(C)c(C(=O)N2CCN(c3cccc(F)c3S)C[C@@H]2C)c(C)c1NC1CCN(c2ccccc2C#N)CC1. The van der Waals surface area contributed by atoms with E-state index in [1.165, 1.54) is 6.07 Å². The molecule has 2 heterocycles. The van der Waals surface area contributed by atoms with E-state index in [9.17, 15) is 14.4 Å². The van der Waals surface area contributed by atoms with Gasteiger partial charge in [-0.3, -0.25) is 4.79 Å². The first-order valence-corrected chi connectivity index (χ1v) is 14.8. The van der Waals surface area contributed by atoms with Gasteiger partial charge in [0.1, 0.15) is 11.9 Å². The number of carbonyl (C=O) groups is 1. The fourth-order valence-electron chi connectivity index (χ4n) is 6.43. The first-order valence-electron chi connectivity index (χ1n) is 14.3. The average Bonchev–Trinajstić information content (AvgIpc) is 2.96. The molecule has 1 amide bonds. The largest absolute Gasteiger partial charge is 0.382 e. The molecule has 0 aliphatic carbocycles. The van der Waals surface area contributed by atoms with E-state index in [2.05, 4.69) is 60.7 Å². The number of nitrogens with one attached hydrogen (secondary N) is 1. The molecule has 6 nitrogen and oxygen atoms in total. The summed E-state index contributed by atoms with van der Waals surface area (Å²) in [6, 6.07) is 17.5. The fourth-order valence-corrected chi connectivity index (χ4v) is 6.72. The summed E-state index contributed by atoms with van der Waals surface area (Å²) in [6.07, 6.45) is 1.89. The lowest BCUT2D eigenvalue weighted by Crippen LogP contribution is -2.54. The minimum Gasteiger partial charge on any atom is -0.382 e. The number of para-hydroxylation sites is 1. The van der Waals surface area contributed by atoms with E-state index in [-0.39, 0.29) is 23.8 Å². The summed E-state index contributed by atoms with van der Waals surface area (Å²) in [4.78, 5) is 20.7. The smallest absolute Gasteiger partial charge is 0.254 e. The number of amides is 1. The molecule has 0 saturated carbocycles. The topological polar surface area (TPSA) is 62.6 Å². The van der Waals surface area contributed by atoms with Gasteiger partial charge in [0.25, 0.3) is 5.91 Å². The Bertz CT molecular complexity index is 1490. The molecule has 2 aliphatic rings. The number of piperazine rings is 1. The number of nitrogens with zero attached hydrogens (tertiary/aromatic N) is 4. The molecule has 3 aromatic carbocycles. The van der Waals surface area contributed by atoms with E-state index in [0.717, 1.165) is 65.2 Å². The fraction of sp³-hybridized carbons (Fsp3) is 0.394. The number of halogens is 1. The molecule has 0 bridgehead atoms. The lowest BCUT2D eigenvalue weighted by molar-refractivity contribution is 0.0672. The zero-order valence-electron chi connectivity index (χ0n) is 24.2. The highest BCUT2D eigenvalue weighted by Gasteiger charge is 2.32.